The molecule has 1 aliphatic rings. The summed E-state index contributed by atoms with van der Waals surface area (Å²) in [5.41, 5.74) is 0.888. The smallest absolute Gasteiger partial charge is 0.225 e. The number of amides is 1. The minimum atomic E-state index is -1.13. The molecule has 24 heavy (non-hydrogen) atoms. The molecule has 1 unspecified atom stereocenters. The Labute approximate surface area is 142 Å². The Kier molecular flexibility index (Phi) is 4.71. The Balaban J connectivity index is 1.58. The van der Waals surface area contributed by atoms with Crippen LogP contribution in [0.4, 0.5) is 0 Å². The van der Waals surface area contributed by atoms with Crippen LogP contribution in [0.25, 0.3) is 0 Å². The number of aryl methyl sites for hydroxylation is 1. The molecular weight excluding hydrogens is 302 g/mol. The van der Waals surface area contributed by atoms with Gasteiger partial charge >= 0.3 is 0 Å². The predicted molar refractivity (Wildman–Crippen MR) is 92.4 cm³/mol. The Morgan fingerprint density at radius 1 is 1.25 bits per heavy atom. The lowest BCUT2D eigenvalue weighted by molar-refractivity contribution is -0.137. The molecule has 5 heteroatoms. The van der Waals surface area contributed by atoms with Gasteiger partial charge in [-0.25, -0.2) is 0 Å². The minimum Gasteiger partial charge on any atom is -0.385 e. The second kappa shape index (κ2) is 6.77. The lowest BCUT2D eigenvalue weighted by atomic mass is 9.90. The van der Waals surface area contributed by atoms with Crippen molar-refractivity contribution in [1.29, 1.82) is 0 Å². The van der Waals surface area contributed by atoms with Gasteiger partial charge in [-0.1, -0.05) is 30.3 Å². The molecule has 1 saturated heterocycles. The van der Waals surface area contributed by atoms with Gasteiger partial charge in [-0.15, -0.1) is 0 Å². The molecule has 1 aromatic carbocycles. The standard InChI is InChI=1S/C19H25N3O2/c1-19(24,16-6-4-3-5-7-16)14-18(23)22-12-9-15(10-13-22)17-8-11-20-21(17)2/h3-8,11,15,24H,9-10,12-14H2,1-2H3. The van der Waals surface area contributed by atoms with E-state index < -0.39 is 5.60 Å². The highest BCUT2D eigenvalue weighted by Gasteiger charge is 2.31. The minimum absolute atomic E-state index is 0.0207. The Morgan fingerprint density at radius 2 is 1.92 bits per heavy atom. The molecule has 0 bridgehead atoms. The highest BCUT2D eigenvalue weighted by atomic mass is 16.3. The van der Waals surface area contributed by atoms with Crippen molar-refractivity contribution in [1.82, 2.24) is 14.7 Å². The topological polar surface area (TPSA) is 58.4 Å². The van der Waals surface area contributed by atoms with E-state index in [-0.39, 0.29) is 12.3 Å². The Bertz CT molecular complexity index is 686. The second-order valence-corrected chi connectivity index (χ2v) is 6.85. The summed E-state index contributed by atoms with van der Waals surface area (Å²) in [5.74, 6) is 0.475. The van der Waals surface area contributed by atoms with E-state index in [4.69, 9.17) is 0 Å². The molecule has 1 fully saturated rings. The molecule has 0 spiro atoms. The van der Waals surface area contributed by atoms with E-state index in [2.05, 4.69) is 11.2 Å². The number of aliphatic hydroxyl groups is 1. The van der Waals surface area contributed by atoms with Crippen molar-refractivity contribution in [3.63, 3.8) is 0 Å². The van der Waals surface area contributed by atoms with E-state index in [1.807, 2.05) is 53.2 Å². The van der Waals surface area contributed by atoms with Crippen LogP contribution in [0.5, 0.6) is 0 Å². The zero-order chi connectivity index (χ0) is 17.2. The first-order chi connectivity index (χ1) is 11.5. The van der Waals surface area contributed by atoms with Gasteiger partial charge in [0.25, 0.3) is 0 Å². The summed E-state index contributed by atoms with van der Waals surface area (Å²) in [6.07, 6.45) is 3.83. The summed E-state index contributed by atoms with van der Waals surface area (Å²) < 4.78 is 1.92. The van der Waals surface area contributed by atoms with E-state index in [1.165, 1.54) is 5.69 Å². The van der Waals surface area contributed by atoms with Crippen molar-refractivity contribution in [2.75, 3.05) is 13.1 Å². The fraction of sp³-hybridized carbons (Fsp3) is 0.474. The van der Waals surface area contributed by atoms with E-state index in [0.717, 1.165) is 31.5 Å². The number of hydrogen-bond acceptors (Lipinski definition) is 3. The highest BCUT2D eigenvalue weighted by Crippen LogP contribution is 2.30. The van der Waals surface area contributed by atoms with Crippen LogP contribution in [0.1, 0.15) is 43.4 Å². The van der Waals surface area contributed by atoms with Crippen LogP contribution in [0.2, 0.25) is 0 Å². The summed E-state index contributed by atoms with van der Waals surface area (Å²) >= 11 is 0. The zero-order valence-corrected chi connectivity index (χ0v) is 14.4. The molecule has 1 aliphatic heterocycles. The molecule has 2 aromatic rings. The lowest BCUT2D eigenvalue weighted by Crippen LogP contribution is -2.41. The number of aromatic nitrogens is 2. The van der Waals surface area contributed by atoms with E-state index in [9.17, 15) is 9.90 Å². The van der Waals surface area contributed by atoms with Crippen LogP contribution in [0.15, 0.2) is 42.6 Å². The Hall–Kier alpha value is -2.14. The van der Waals surface area contributed by atoms with Gasteiger partial charge < -0.3 is 10.0 Å². The van der Waals surface area contributed by atoms with Crippen LogP contribution >= 0.6 is 0 Å². The van der Waals surface area contributed by atoms with Gasteiger partial charge in [0.05, 0.1) is 12.0 Å². The van der Waals surface area contributed by atoms with Gasteiger partial charge in [0.2, 0.25) is 5.91 Å². The van der Waals surface area contributed by atoms with Gasteiger partial charge in [-0.05, 0) is 31.4 Å². The third-order valence-corrected chi connectivity index (χ3v) is 5.02. The van der Waals surface area contributed by atoms with Gasteiger partial charge in [0.1, 0.15) is 0 Å². The number of carbonyl (C=O) groups excluding carboxylic acids is 1. The van der Waals surface area contributed by atoms with Gasteiger partial charge in [-0.2, -0.15) is 5.10 Å². The number of hydrogen-bond donors (Lipinski definition) is 1. The van der Waals surface area contributed by atoms with E-state index in [0.29, 0.717) is 5.92 Å². The molecular formula is C19H25N3O2. The van der Waals surface area contributed by atoms with Gasteiger partial charge in [0.15, 0.2) is 0 Å². The second-order valence-electron chi connectivity index (χ2n) is 6.85. The van der Waals surface area contributed by atoms with Crippen LogP contribution in [-0.4, -0.2) is 38.8 Å². The molecule has 1 aromatic heterocycles. The molecule has 128 valence electrons. The fourth-order valence-corrected chi connectivity index (χ4v) is 3.51. The van der Waals surface area contributed by atoms with Crippen molar-refractivity contribution < 1.29 is 9.90 Å². The number of benzene rings is 1. The summed E-state index contributed by atoms with van der Waals surface area (Å²) in [6, 6.07) is 11.5. The largest absolute Gasteiger partial charge is 0.385 e. The summed E-state index contributed by atoms with van der Waals surface area (Å²) in [4.78, 5) is 14.5. The molecule has 3 rings (SSSR count). The van der Waals surface area contributed by atoms with Crippen molar-refractivity contribution in [3.8, 4) is 0 Å². The molecule has 2 heterocycles. The molecule has 1 amide bonds. The molecule has 1 atom stereocenters. The fourth-order valence-electron chi connectivity index (χ4n) is 3.51. The number of piperidine rings is 1. The summed E-state index contributed by atoms with van der Waals surface area (Å²) in [5, 5.41) is 14.9. The molecule has 1 N–H and O–H groups in total. The van der Waals surface area contributed by atoms with Gasteiger partial charge in [0, 0.05) is 37.9 Å². The summed E-state index contributed by atoms with van der Waals surface area (Å²) in [6.45, 7) is 3.18. The number of rotatable bonds is 4. The van der Waals surface area contributed by atoms with Crippen LogP contribution in [0, 0.1) is 0 Å². The highest BCUT2D eigenvalue weighted by molar-refractivity contribution is 5.77. The van der Waals surface area contributed by atoms with Crippen molar-refractivity contribution in [3.05, 3.63) is 53.9 Å². The van der Waals surface area contributed by atoms with Crippen molar-refractivity contribution >= 4 is 5.91 Å². The number of nitrogens with zero attached hydrogens (tertiary/aromatic N) is 3. The molecule has 0 saturated carbocycles. The molecule has 0 radical (unpaired) electrons. The maximum absolute atomic E-state index is 12.6. The SMILES string of the molecule is Cn1nccc1C1CCN(C(=O)CC(C)(O)c2ccccc2)CC1. The van der Waals surface area contributed by atoms with Crippen LogP contribution in [0.3, 0.4) is 0 Å². The van der Waals surface area contributed by atoms with Crippen LogP contribution in [-0.2, 0) is 17.4 Å². The lowest BCUT2D eigenvalue weighted by Gasteiger charge is -2.34. The van der Waals surface area contributed by atoms with E-state index in [1.54, 1.807) is 6.92 Å². The first kappa shape index (κ1) is 16.7. The van der Waals surface area contributed by atoms with Crippen molar-refractivity contribution in [2.24, 2.45) is 7.05 Å². The average molecular weight is 327 g/mol. The van der Waals surface area contributed by atoms with E-state index >= 15 is 0 Å². The third kappa shape index (κ3) is 3.51. The molecule has 0 aliphatic carbocycles. The quantitative estimate of drug-likeness (QED) is 0.938. The first-order valence-electron chi connectivity index (χ1n) is 8.51. The van der Waals surface area contributed by atoms with Crippen molar-refractivity contribution in [2.45, 2.75) is 37.7 Å². The zero-order valence-electron chi connectivity index (χ0n) is 14.4. The molecule has 5 nitrogen and oxygen atoms in total. The van der Waals surface area contributed by atoms with Gasteiger partial charge in [-0.3, -0.25) is 9.48 Å². The average Bonchev–Trinajstić information content (AvgIpc) is 3.01. The predicted octanol–water partition coefficient (Wildman–Crippen LogP) is 2.42. The monoisotopic (exact) mass is 327 g/mol. The van der Waals surface area contributed by atoms with Crippen LogP contribution < -0.4 is 0 Å². The number of likely N-dealkylation sites (tertiary alicyclic amines) is 1. The maximum atomic E-state index is 12.6. The summed E-state index contributed by atoms with van der Waals surface area (Å²) in [7, 11) is 1.96. The Morgan fingerprint density at radius 3 is 2.50 bits per heavy atom. The number of carbonyl (C=O) groups is 1. The third-order valence-electron chi connectivity index (χ3n) is 5.02. The maximum Gasteiger partial charge on any atom is 0.225 e. The first-order valence-corrected chi connectivity index (χ1v) is 8.51. The normalized spacial score (nSPS) is 18.4.